The van der Waals surface area contributed by atoms with Gasteiger partial charge < -0.3 is 9.32 Å². The van der Waals surface area contributed by atoms with E-state index < -0.39 is 5.41 Å². The number of hydrogen-bond donors (Lipinski definition) is 0. The molecule has 2 bridgehead atoms. The van der Waals surface area contributed by atoms with E-state index in [1.807, 2.05) is 6.92 Å². The summed E-state index contributed by atoms with van der Waals surface area (Å²) >= 11 is 0. The fourth-order valence-corrected chi connectivity index (χ4v) is 5.63. The first-order valence-corrected chi connectivity index (χ1v) is 11.4. The molecule has 3 heterocycles. The SMILES string of the molecule is Cc1nnc(C(CCN2CC3CCC(CC3)C2)(c2ccccc2)c2ccccc2)o1. The minimum Gasteiger partial charge on any atom is -0.424 e. The highest BCUT2D eigenvalue weighted by Gasteiger charge is 2.42. The lowest BCUT2D eigenvalue weighted by Gasteiger charge is -2.34. The zero-order valence-electron chi connectivity index (χ0n) is 17.8. The fourth-order valence-electron chi connectivity index (χ4n) is 5.63. The van der Waals surface area contributed by atoms with E-state index in [0.29, 0.717) is 11.8 Å². The number of benzene rings is 2. The van der Waals surface area contributed by atoms with Crippen LogP contribution in [-0.4, -0.2) is 34.7 Å². The molecule has 3 aliphatic rings. The molecule has 30 heavy (non-hydrogen) atoms. The van der Waals surface area contributed by atoms with Crippen molar-refractivity contribution in [3.63, 3.8) is 0 Å². The van der Waals surface area contributed by atoms with Crippen molar-refractivity contribution in [1.82, 2.24) is 15.1 Å². The van der Waals surface area contributed by atoms with E-state index in [2.05, 4.69) is 75.8 Å². The average molecular weight is 402 g/mol. The van der Waals surface area contributed by atoms with Crippen LogP contribution in [0.4, 0.5) is 0 Å². The highest BCUT2D eigenvalue weighted by molar-refractivity contribution is 5.45. The minimum atomic E-state index is -0.435. The standard InChI is InChI=1S/C26H31N3O/c1-20-27-28-25(30-20)26(23-8-4-2-5-9-23,24-10-6-3-7-11-24)16-17-29-18-21-12-13-22(19-29)15-14-21/h2-11,21-22H,12-19H2,1H3. The van der Waals surface area contributed by atoms with E-state index in [1.165, 1.54) is 49.9 Å². The molecular weight excluding hydrogens is 370 g/mol. The zero-order chi connectivity index (χ0) is 20.4. The fraction of sp³-hybridized carbons (Fsp3) is 0.462. The molecule has 0 radical (unpaired) electrons. The van der Waals surface area contributed by atoms with Crippen molar-refractivity contribution in [2.45, 2.75) is 44.4 Å². The molecule has 2 saturated heterocycles. The largest absolute Gasteiger partial charge is 0.424 e. The van der Waals surface area contributed by atoms with E-state index >= 15 is 0 Å². The molecule has 3 aromatic rings. The maximum Gasteiger partial charge on any atom is 0.231 e. The third kappa shape index (κ3) is 3.69. The molecule has 0 amide bonds. The van der Waals surface area contributed by atoms with Gasteiger partial charge in [-0.15, -0.1) is 10.2 Å². The Morgan fingerprint density at radius 2 is 1.37 bits per heavy atom. The van der Waals surface area contributed by atoms with Gasteiger partial charge in [0.15, 0.2) is 0 Å². The molecular formula is C26H31N3O. The zero-order valence-corrected chi connectivity index (χ0v) is 17.8. The Bertz CT molecular complexity index is 891. The van der Waals surface area contributed by atoms with Gasteiger partial charge in [0, 0.05) is 20.0 Å². The van der Waals surface area contributed by atoms with E-state index in [9.17, 15) is 0 Å². The maximum atomic E-state index is 6.14. The molecule has 0 spiro atoms. The van der Waals surface area contributed by atoms with Crippen LogP contribution in [0.2, 0.25) is 0 Å². The average Bonchev–Trinajstić information content (AvgIpc) is 3.02. The van der Waals surface area contributed by atoms with Crippen LogP contribution >= 0.6 is 0 Å². The second-order valence-corrected chi connectivity index (χ2v) is 9.16. The summed E-state index contributed by atoms with van der Waals surface area (Å²) in [5.74, 6) is 3.07. The number of hydrogen-bond acceptors (Lipinski definition) is 4. The molecule has 1 saturated carbocycles. The molecule has 0 unspecified atom stereocenters. The summed E-state index contributed by atoms with van der Waals surface area (Å²) in [6.07, 6.45) is 6.57. The van der Waals surface area contributed by atoms with Crippen molar-refractivity contribution in [2.24, 2.45) is 11.8 Å². The lowest BCUT2D eigenvalue weighted by Crippen LogP contribution is -2.37. The Morgan fingerprint density at radius 3 is 1.83 bits per heavy atom. The first-order valence-electron chi connectivity index (χ1n) is 11.4. The Morgan fingerprint density at radius 1 is 0.833 bits per heavy atom. The summed E-state index contributed by atoms with van der Waals surface area (Å²) in [5, 5.41) is 8.78. The van der Waals surface area contributed by atoms with Crippen LogP contribution in [0.3, 0.4) is 0 Å². The van der Waals surface area contributed by atoms with Crippen molar-refractivity contribution < 1.29 is 4.42 Å². The lowest BCUT2D eigenvalue weighted by atomic mass is 9.71. The van der Waals surface area contributed by atoms with E-state index in [0.717, 1.165) is 24.8 Å². The van der Waals surface area contributed by atoms with Crippen molar-refractivity contribution >= 4 is 0 Å². The van der Waals surface area contributed by atoms with Gasteiger partial charge >= 0.3 is 0 Å². The predicted octanol–water partition coefficient (Wildman–Crippen LogP) is 5.22. The first-order chi connectivity index (χ1) is 14.7. The number of rotatable bonds is 6. The summed E-state index contributed by atoms with van der Waals surface area (Å²) in [6, 6.07) is 21.4. The van der Waals surface area contributed by atoms with Gasteiger partial charge in [-0.1, -0.05) is 60.7 Å². The van der Waals surface area contributed by atoms with Crippen LogP contribution in [0.15, 0.2) is 65.1 Å². The van der Waals surface area contributed by atoms with Gasteiger partial charge in [0.2, 0.25) is 11.8 Å². The summed E-state index contributed by atoms with van der Waals surface area (Å²) < 4.78 is 6.14. The molecule has 0 atom stereocenters. The van der Waals surface area contributed by atoms with Crippen LogP contribution in [0, 0.1) is 18.8 Å². The molecule has 6 rings (SSSR count). The van der Waals surface area contributed by atoms with Gasteiger partial charge in [0.1, 0.15) is 0 Å². The first kappa shape index (κ1) is 19.5. The molecule has 156 valence electrons. The molecule has 3 fully saturated rings. The van der Waals surface area contributed by atoms with Crippen LogP contribution in [0.1, 0.15) is 55.0 Å². The predicted molar refractivity (Wildman–Crippen MR) is 118 cm³/mol. The van der Waals surface area contributed by atoms with E-state index in [4.69, 9.17) is 4.42 Å². The third-order valence-electron chi connectivity index (χ3n) is 7.23. The lowest BCUT2D eigenvalue weighted by molar-refractivity contribution is 0.229. The second kappa shape index (κ2) is 8.35. The highest BCUT2D eigenvalue weighted by Crippen LogP contribution is 2.42. The van der Waals surface area contributed by atoms with Gasteiger partial charge in [-0.25, -0.2) is 0 Å². The van der Waals surface area contributed by atoms with Crippen molar-refractivity contribution in [1.29, 1.82) is 0 Å². The van der Waals surface area contributed by atoms with Crippen LogP contribution in [-0.2, 0) is 5.41 Å². The quantitative estimate of drug-likeness (QED) is 0.568. The summed E-state index contributed by atoms with van der Waals surface area (Å²) in [5.41, 5.74) is 2.00. The Kier molecular flexibility index (Phi) is 5.43. The van der Waals surface area contributed by atoms with Crippen molar-refractivity contribution in [2.75, 3.05) is 19.6 Å². The topological polar surface area (TPSA) is 42.2 Å². The third-order valence-corrected chi connectivity index (χ3v) is 7.23. The summed E-state index contributed by atoms with van der Waals surface area (Å²) in [7, 11) is 0. The molecule has 1 aliphatic carbocycles. The number of fused-ring (bicyclic) bond motifs is 4. The second-order valence-electron chi connectivity index (χ2n) is 9.16. The van der Waals surface area contributed by atoms with Crippen LogP contribution in [0.25, 0.3) is 0 Å². The van der Waals surface area contributed by atoms with Crippen LogP contribution < -0.4 is 0 Å². The van der Waals surface area contributed by atoms with E-state index in [-0.39, 0.29) is 0 Å². The number of nitrogens with zero attached hydrogens (tertiary/aromatic N) is 3. The summed E-state index contributed by atoms with van der Waals surface area (Å²) in [6.45, 7) is 5.39. The van der Waals surface area contributed by atoms with Gasteiger partial charge in [-0.3, -0.25) is 0 Å². The molecule has 4 heteroatoms. The summed E-state index contributed by atoms with van der Waals surface area (Å²) in [4.78, 5) is 2.71. The van der Waals surface area contributed by atoms with Gasteiger partial charge in [0.25, 0.3) is 0 Å². The normalized spacial score (nSPS) is 22.2. The van der Waals surface area contributed by atoms with Crippen LogP contribution in [0.5, 0.6) is 0 Å². The van der Waals surface area contributed by atoms with Crippen molar-refractivity contribution in [3.05, 3.63) is 83.6 Å². The Hall–Kier alpha value is -2.46. The Balaban J connectivity index is 1.55. The number of aryl methyl sites for hydroxylation is 1. The van der Waals surface area contributed by atoms with Gasteiger partial charge in [-0.2, -0.15) is 0 Å². The van der Waals surface area contributed by atoms with Gasteiger partial charge in [0.05, 0.1) is 5.41 Å². The Labute approximate surface area is 179 Å². The molecule has 4 nitrogen and oxygen atoms in total. The van der Waals surface area contributed by atoms with E-state index in [1.54, 1.807) is 0 Å². The molecule has 2 aliphatic heterocycles. The monoisotopic (exact) mass is 401 g/mol. The highest BCUT2D eigenvalue weighted by atomic mass is 16.4. The molecule has 2 aromatic carbocycles. The smallest absolute Gasteiger partial charge is 0.231 e. The van der Waals surface area contributed by atoms with Crippen molar-refractivity contribution in [3.8, 4) is 0 Å². The van der Waals surface area contributed by atoms with Gasteiger partial charge in [-0.05, 0) is 61.6 Å². The molecule has 0 N–H and O–H groups in total. The maximum absolute atomic E-state index is 6.14. The molecule has 1 aromatic heterocycles. The number of aromatic nitrogens is 2. The minimum absolute atomic E-state index is 0.435.